The van der Waals surface area contributed by atoms with Crippen LogP contribution in [0.2, 0.25) is 0 Å². The molecule has 0 aliphatic heterocycles. The van der Waals surface area contributed by atoms with E-state index in [1.807, 2.05) is 0 Å². The molecule has 0 rings (SSSR count). The van der Waals surface area contributed by atoms with Crippen molar-refractivity contribution in [2.45, 2.75) is 54.4 Å². The second kappa shape index (κ2) is 9.73. The summed E-state index contributed by atoms with van der Waals surface area (Å²) in [5, 5.41) is 3.39. The molecule has 3 nitrogen and oxygen atoms in total. The second-order valence-corrected chi connectivity index (χ2v) is 7.63. The fourth-order valence-corrected chi connectivity index (χ4v) is 1.63. The fourth-order valence-electron chi connectivity index (χ4n) is 1.63. The van der Waals surface area contributed by atoms with Gasteiger partial charge in [-0.1, -0.05) is 41.5 Å². The largest absolute Gasteiger partial charge is 0.379 e. The van der Waals surface area contributed by atoms with E-state index in [1.54, 1.807) is 0 Å². The molecule has 0 unspecified atom stereocenters. The minimum Gasteiger partial charge on any atom is -0.379 e. The van der Waals surface area contributed by atoms with Crippen LogP contribution in [0.4, 0.5) is 0 Å². The Bertz CT molecular complexity index is 182. The highest BCUT2D eigenvalue weighted by Gasteiger charge is 2.09. The van der Waals surface area contributed by atoms with Crippen LogP contribution in [0.3, 0.4) is 0 Å². The van der Waals surface area contributed by atoms with Crippen molar-refractivity contribution < 1.29 is 9.47 Å². The molecule has 0 saturated carbocycles. The van der Waals surface area contributed by atoms with E-state index < -0.39 is 0 Å². The lowest BCUT2D eigenvalue weighted by Gasteiger charge is -2.18. The van der Waals surface area contributed by atoms with Gasteiger partial charge in [-0.25, -0.2) is 0 Å². The Kier molecular flexibility index (Phi) is 9.67. The molecule has 19 heavy (non-hydrogen) atoms. The molecule has 1 N–H and O–H groups in total. The molecule has 0 bridgehead atoms. The molecule has 0 aromatic carbocycles. The maximum Gasteiger partial charge on any atom is 0.0701 e. The predicted molar refractivity (Wildman–Crippen MR) is 82.7 cm³/mol. The normalized spacial score (nSPS) is 12.9. The molecule has 0 aliphatic rings. The van der Waals surface area contributed by atoms with Crippen molar-refractivity contribution in [2.24, 2.45) is 10.8 Å². The van der Waals surface area contributed by atoms with Gasteiger partial charge >= 0.3 is 0 Å². The topological polar surface area (TPSA) is 30.5 Å². The third-order valence-electron chi connectivity index (χ3n) is 2.67. The monoisotopic (exact) mass is 273 g/mol. The zero-order valence-corrected chi connectivity index (χ0v) is 14.0. The van der Waals surface area contributed by atoms with Crippen LogP contribution in [0, 0.1) is 10.8 Å². The Morgan fingerprint density at radius 2 is 1.32 bits per heavy atom. The quantitative estimate of drug-likeness (QED) is 0.618. The van der Waals surface area contributed by atoms with Crippen LogP contribution < -0.4 is 5.32 Å². The van der Waals surface area contributed by atoms with Gasteiger partial charge in [-0.15, -0.1) is 0 Å². The van der Waals surface area contributed by atoms with E-state index in [2.05, 4.69) is 46.9 Å². The number of nitrogens with one attached hydrogen (secondary N) is 1. The van der Waals surface area contributed by atoms with Crippen molar-refractivity contribution >= 4 is 0 Å². The number of ether oxygens (including phenoxy) is 2. The van der Waals surface area contributed by atoms with Gasteiger partial charge in [0.05, 0.1) is 19.8 Å². The van der Waals surface area contributed by atoms with Gasteiger partial charge in [0.1, 0.15) is 0 Å². The van der Waals surface area contributed by atoms with Crippen molar-refractivity contribution in [3.05, 3.63) is 0 Å². The smallest absolute Gasteiger partial charge is 0.0701 e. The van der Waals surface area contributed by atoms with Crippen molar-refractivity contribution in [1.82, 2.24) is 5.32 Å². The average molecular weight is 273 g/mol. The van der Waals surface area contributed by atoms with Gasteiger partial charge in [0, 0.05) is 19.7 Å². The Morgan fingerprint density at radius 1 is 0.737 bits per heavy atom. The van der Waals surface area contributed by atoms with Gasteiger partial charge < -0.3 is 14.8 Å². The summed E-state index contributed by atoms with van der Waals surface area (Å²) in [6, 6.07) is 0. The summed E-state index contributed by atoms with van der Waals surface area (Å²) in [5.74, 6) is 0. The van der Waals surface area contributed by atoms with Crippen LogP contribution in [-0.2, 0) is 9.47 Å². The zero-order chi connectivity index (χ0) is 14.8. The minimum atomic E-state index is 0.343. The van der Waals surface area contributed by atoms with E-state index in [9.17, 15) is 0 Å². The van der Waals surface area contributed by atoms with Crippen molar-refractivity contribution in [1.29, 1.82) is 0 Å². The first-order valence-electron chi connectivity index (χ1n) is 7.57. The Balaban J connectivity index is 3.12. The highest BCUT2D eigenvalue weighted by molar-refractivity contribution is 4.64. The molecular formula is C16H35NO2. The summed E-state index contributed by atoms with van der Waals surface area (Å²) in [4.78, 5) is 0. The summed E-state index contributed by atoms with van der Waals surface area (Å²) in [6.07, 6.45) is 2.35. The zero-order valence-electron chi connectivity index (χ0n) is 14.0. The second-order valence-electron chi connectivity index (χ2n) is 7.63. The van der Waals surface area contributed by atoms with E-state index in [-0.39, 0.29) is 0 Å². The van der Waals surface area contributed by atoms with Gasteiger partial charge in [0.15, 0.2) is 0 Å². The summed E-state index contributed by atoms with van der Waals surface area (Å²) < 4.78 is 11.1. The molecule has 0 heterocycles. The first-order chi connectivity index (χ1) is 8.71. The Morgan fingerprint density at radius 3 is 1.84 bits per heavy atom. The maximum atomic E-state index is 5.54. The maximum absolute atomic E-state index is 5.54. The van der Waals surface area contributed by atoms with E-state index in [0.717, 1.165) is 32.7 Å². The number of hydrogen-bond donors (Lipinski definition) is 1. The lowest BCUT2D eigenvalue weighted by molar-refractivity contribution is 0.0449. The third-order valence-corrected chi connectivity index (χ3v) is 2.67. The van der Waals surface area contributed by atoms with Crippen LogP contribution >= 0.6 is 0 Å². The lowest BCUT2D eigenvalue weighted by atomic mass is 9.91. The predicted octanol–water partition coefficient (Wildman–Crippen LogP) is 3.48. The lowest BCUT2D eigenvalue weighted by Crippen LogP contribution is -2.29. The van der Waals surface area contributed by atoms with Crippen LogP contribution in [0.1, 0.15) is 54.4 Å². The highest BCUT2D eigenvalue weighted by atomic mass is 16.5. The highest BCUT2D eigenvalue weighted by Crippen LogP contribution is 2.20. The summed E-state index contributed by atoms with van der Waals surface area (Å²) in [5.41, 5.74) is 0.759. The first-order valence-corrected chi connectivity index (χ1v) is 7.57. The van der Waals surface area contributed by atoms with Crippen LogP contribution in [0.25, 0.3) is 0 Å². The standard InChI is InChI=1S/C16H35NO2/c1-15(2,3)8-7-10-18-12-13-19-11-9-17-14-16(4,5)6/h17H,7-14H2,1-6H3. The molecule has 3 heteroatoms. The number of rotatable bonds is 10. The summed E-state index contributed by atoms with van der Waals surface area (Å²) in [7, 11) is 0. The van der Waals surface area contributed by atoms with Crippen molar-refractivity contribution in [3.8, 4) is 0 Å². The molecule has 0 fully saturated rings. The fraction of sp³-hybridized carbons (Fsp3) is 1.00. The average Bonchev–Trinajstić information content (AvgIpc) is 2.22. The van der Waals surface area contributed by atoms with E-state index in [0.29, 0.717) is 24.0 Å². The van der Waals surface area contributed by atoms with Gasteiger partial charge in [-0.05, 0) is 23.7 Å². The van der Waals surface area contributed by atoms with Gasteiger partial charge in [-0.3, -0.25) is 0 Å². The first kappa shape index (κ1) is 18.9. The molecule has 0 saturated heterocycles. The molecule has 0 aromatic rings. The van der Waals surface area contributed by atoms with Gasteiger partial charge in [0.2, 0.25) is 0 Å². The third kappa shape index (κ3) is 17.9. The minimum absolute atomic E-state index is 0.343. The van der Waals surface area contributed by atoms with E-state index in [1.165, 1.54) is 6.42 Å². The van der Waals surface area contributed by atoms with E-state index >= 15 is 0 Å². The van der Waals surface area contributed by atoms with Crippen LogP contribution in [0.15, 0.2) is 0 Å². The van der Waals surface area contributed by atoms with Gasteiger partial charge in [0.25, 0.3) is 0 Å². The van der Waals surface area contributed by atoms with Crippen LogP contribution in [0.5, 0.6) is 0 Å². The van der Waals surface area contributed by atoms with E-state index in [4.69, 9.17) is 9.47 Å². The molecule has 116 valence electrons. The molecule has 0 atom stereocenters. The molecule has 0 spiro atoms. The Hall–Kier alpha value is -0.120. The van der Waals surface area contributed by atoms with Crippen molar-refractivity contribution in [2.75, 3.05) is 39.5 Å². The molecule has 0 aromatic heterocycles. The van der Waals surface area contributed by atoms with Crippen LogP contribution in [-0.4, -0.2) is 39.5 Å². The summed E-state index contributed by atoms with van der Waals surface area (Å²) >= 11 is 0. The van der Waals surface area contributed by atoms with Gasteiger partial charge in [-0.2, -0.15) is 0 Å². The molecule has 0 radical (unpaired) electrons. The molecule has 0 aliphatic carbocycles. The summed E-state index contributed by atoms with van der Waals surface area (Å²) in [6.45, 7) is 18.5. The van der Waals surface area contributed by atoms with Crippen molar-refractivity contribution in [3.63, 3.8) is 0 Å². The molecule has 0 amide bonds. The molecular weight excluding hydrogens is 238 g/mol. The SMILES string of the molecule is CC(C)(C)CCCOCCOCCNCC(C)(C)C. The number of hydrogen-bond acceptors (Lipinski definition) is 3. The Labute approximate surface area is 120 Å².